The van der Waals surface area contributed by atoms with Gasteiger partial charge < -0.3 is 20.7 Å². The van der Waals surface area contributed by atoms with E-state index in [1.165, 1.54) is 42.7 Å². The minimum atomic E-state index is -1.28. The maximum atomic E-state index is 15.1. The summed E-state index contributed by atoms with van der Waals surface area (Å²) in [5, 5.41) is 8.53. The van der Waals surface area contributed by atoms with Crippen molar-refractivity contribution in [2.75, 3.05) is 17.2 Å². The van der Waals surface area contributed by atoms with Gasteiger partial charge in [-0.1, -0.05) is 13.5 Å². The number of amides is 2. The maximum Gasteiger partial charge on any atom is 0.240 e. The van der Waals surface area contributed by atoms with Crippen LogP contribution in [0.5, 0.6) is 5.75 Å². The number of aliphatic imine (C=N–C) groups is 1. The number of nitrogens with one attached hydrogen (secondary N) is 3. The number of hydrogen-bond acceptors (Lipinski definition) is 7. The summed E-state index contributed by atoms with van der Waals surface area (Å²) in [5.41, 5.74) is 2.08. The number of nitrogens with zero attached hydrogens (tertiary/aromatic N) is 3. The Morgan fingerprint density at radius 2 is 1.74 bits per heavy atom. The lowest BCUT2D eigenvalue weighted by Crippen LogP contribution is -2.35. The number of allylic oxidation sites excluding steroid dienone is 1. The molecular weight excluding hydrogens is 542 g/mol. The van der Waals surface area contributed by atoms with Crippen molar-refractivity contribution in [2.24, 2.45) is 10.4 Å². The van der Waals surface area contributed by atoms with Gasteiger partial charge in [-0.3, -0.25) is 14.6 Å². The molecular formula is C31H28F2N6O3. The van der Waals surface area contributed by atoms with Gasteiger partial charge in [-0.15, -0.1) is 0 Å². The Morgan fingerprint density at radius 3 is 2.38 bits per heavy atom. The van der Waals surface area contributed by atoms with Gasteiger partial charge in [0.25, 0.3) is 0 Å². The second kappa shape index (κ2) is 12.1. The van der Waals surface area contributed by atoms with Crippen LogP contribution < -0.4 is 20.7 Å². The van der Waals surface area contributed by atoms with Crippen molar-refractivity contribution in [3.05, 3.63) is 108 Å². The van der Waals surface area contributed by atoms with Crippen molar-refractivity contribution in [3.8, 4) is 5.75 Å². The molecule has 0 atom stereocenters. The second-order valence-corrected chi connectivity index (χ2v) is 9.79. The zero-order chi connectivity index (χ0) is 29.7. The molecule has 3 aromatic rings. The Bertz CT molecular complexity index is 1610. The predicted octanol–water partition coefficient (Wildman–Crippen LogP) is 5.38. The van der Waals surface area contributed by atoms with Crippen LogP contribution in [0, 0.1) is 17.0 Å². The van der Waals surface area contributed by atoms with E-state index in [1.807, 2.05) is 13.0 Å². The van der Waals surface area contributed by atoms with Crippen LogP contribution in [0.3, 0.4) is 0 Å². The standard InChI is InChI=1S/C31H28F2N6O3/c1-3-12-36-27-14-26(20-15-34-18-35-16-20)37-17-24(27)19(2)42-28-9-8-23(13-25(28)33)39-30(41)31(10-11-31)29(40)38-22-6-4-21(32)5-7-22/h4-9,12-16,18,37H,2-3,10-11,17H2,1H3,(H,38,40)(H,39,41)/b36-12-. The van der Waals surface area contributed by atoms with E-state index in [-0.39, 0.29) is 17.2 Å². The molecule has 1 aromatic heterocycles. The van der Waals surface area contributed by atoms with Gasteiger partial charge in [0.05, 0.1) is 5.70 Å². The van der Waals surface area contributed by atoms with E-state index in [9.17, 15) is 14.0 Å². The van der Waals surface area contributed by atoms with Crippen LogP contribution >= 0.6 is 0 Å². The molecule has 3 N–H and O–H groups in total. The fourth-order valence-corrected chi connectivity index (χ4v) is 4.29. The van der Waals surface area contributed by atoms with Crippen LogP contribution in [0.4, 0.5) is 20.2 Å². The summed E-state index contributed by atoms with van der Waals surface area (Å²) < 4.78 is 34.0. The summed E-state index contributed by atoms with van der Waals surface area (Å²) >= 11 is 0. The Kier molecular flexibility index (Phi) is 8.19. The molecule has 0 radical (unpaired) electrons. The van der Waals surface area contributed by atoms with E-state index in [2.05, 4.69) is 37.5 Å². The summed E-state index contributed by atoms with van der Waals surface area (Å²) in [6, 6.07) is 9.23. The highest BCUT2D eigenvalue weighted by molar-refractivity contribution is 6.16. The molecule has 0 spiro atoms. The minimum absolute atomic E-state index is 0.0919. The van der Waals surface area contributed by atoms with Gasteiger partial charge in [0, 0.05) is 59.4 Å². The molecule has 5 rings (SSSR count). The summed E-state index contributed by atoms with van der Waals surface area (Å²) in [7, 11) is 0. The van der Waals surface area contributed by atoms with Crippen molar-refractivity contribution >= 4 is 35.1 Å². The van der Waals surface area contributed by atoms with Gasteiger partial charge in [-0.25, -0.2) is 18.7 Å². The van der Waals surface area contributed by atoms with Gasteiger partial charge in [-0.05, 0) is 61.7 Å². The van der Waals surface area contributed by atoms with Crippen LogP contribution in [-0.2, 0) is 9.59 Å². The zero-order valence-corrected chi connectivity index (χ0v) is 22.8. The minimum Gasteiger partial charge on any atom is -0.454 e. The van der Waals surface area contributed by atoms with Crippen LogP contribution in [0.1, 0.15) is 31.7 Å². The number of anilines is 2. The summed E-state index contributed by atoms with van der Waals surface area (Å²) in [5.74, 6) is -2.11. The molecule has 11 heteroatoms. The first-order valence-corrected chi connectivity index (χ1v) is 13.3. The van der Waals surface area contributed by atoms with Crippen molar-refractivity contribution < 1.29 is 23.1 Å². The monoisotopic (exact) mass is 570 g/mol. The summed E-state index contributed by atoms with van der Waals surface area (Å²) in [4.78, 5) is 38.4. The molecule has 1 aliphatic heterocycles. The normalized spacial score (nSPS) is 15.5. The first kappa shape index (κ1) is 28.3. The lowest BCUT2D eigenvalue weighted by atomic mass is 10.0. The quantitative estimate of drug-likeness (QED) is 0.171. The molecule has 2 aromatic carbocycles. The van der Waals surface area contributed by atoms with Gasteiger partial charge >= 0.3 is 0 Å². The van der Waals surface area contributed by atoms with Crippen LogP contribution in [0.2, 0.25) is 0 Å². The molecule has 2 amide bonds. The fourth-order valence-electron chi connectivity index (χ4n) is 4.29. The topological polar surface area (TPSA) is 118 Å². The van der Waals surface area contributed by atoms with Gasteiger partial charge in [0.2, 0.25) is 11.8 Å². The van der Waals surface area contributed by atoms with E-state index in [0.717, 1.165) is 17.3 Å². The van der Waals surface area contributed by atoms with E-state index in [0.29, 0.717) is 42.8 Å². The van der Waals surface area contributed by atoms with Crippen molar-refractivity contribution in [3.63, 3.8) is 0 Å². The molecule has 42 heavy (non-hydrogen) atoms. The maximum absolute atomic E-state index is 15.1. The molecule has 214 valence electrons. The first-order chi connectivity index (χ1) is 20.3. The van der Waals surface area contributed by atoms with Crippen molar-refractivity contribution in [2.45, 2.75) is 26.2 Å². The highest BCUT2D eigenvalue weighted by atomic mass is 19.1. The number of rotatable bonds is 10. The molecule has 1 fully saturated rings. The van der Waals surface area contributed by atoms with Crippen molar-refractivity contribution in [1.82, 2.24) is 15.3 Å². The molecule has 9 nitrogen and oxygen atoms in total. The number of benzene rings is 2. The number of carbonyl (C=O) groups is 2. The Hall–Kier alpha value is -5.19. The molecule has 0 unspecified atom stereocenters. The second-order valence-electron chi connectivity index (χ2n) is 9.79. The number of hydrogen-bond donors (Lipinski definition) is 3. The SMILES string of the molecule is C=C(Oc1ccc(NC(=O)C2(C(=O)Nc3ccc(F)cc3)CC2)cc1F)C1=C(/N=C\CC)C=C(c2cncnc2)NC1. The average molecular weight is 571 g/mol. The zero-order valence-electron chi connectivity index (χ0n) is 22.8. The largest absolute Gasteiger partial charge is 0.454 e. The highest BCUT2D eigenvalue weighted by Gasteiger charge is 2.56. The van der Waals surface area contributed by atoms with E-state index < -0.39 is 28.9 Å². The van der Waals surface area contributed by atoms with Crippen LogP contribution in [-0.4, -0.2) is 34.5 Å². The Morgan fingerprint density at radius 1 is 1.07 bits per heavy atom. The Labute approximate surface area is 241 Å². The average Bonchev–Trinajstić information content (AvgIpc) is 3.81. The summed E-state index contributed by atoms with van der Waals surface area (Å²) in [6.07, 6.45) is 9.79. The number of ether oxygens (including phenoxy) is 1. The Balaban J connectivity index is 1.27. The molecule has 1 aliphatic carbocycles. The van der Waals surface area contributed by atoms with Crippen molar-refractivity contribution in [1.29, 1.82) is 0 Å². The molecule has 2 heterocycles. The third-order valence-electron chi connectivity index (χ3n) is 6.81. The van der Waals surface area contributed by atoms with E-state index >= 15 is 4.39 Å². The third kappa shape index (κ3) is 6.25. The first-order valence-electron chi connectivity index (χ1n) is 13.3. The number of aromatic nitrogens is 2. The van der Waals surface area contributed by atoms with E-state index in [4.69, 9.17) is 4.74 Å². The third-order valence-corrected chi connectivity index (χ3v) is 6.81. The predicted molar refractivity (Wildman–Crippen MR) is 155 cm³/mol. The van der Waals surface area contributed by atoms with Gasteiger partial charge in [-0.2, -0.15) is 0 Å². The van der Waals surface area contributed by atoms with Crippen LogP contribution in [0.25, 0.3) is 5.70 Å². The lowest BCUT2D eigenvalue weighted by Gasteiger charge is -2.22. The molecule has 0 bridgehead atoms. The lowest BCUT2D eigenvalue weighted by molar-refractivity contribution is -0.131. The van der Waals surface area contributed by atoms with Crippen LogP contribution in [0.15, 0.2) is 95.9 Å². The summed E-state index contributed by atoms with van der Waals surface area (Å²) in [6.45, 7) is 6.28. The molecule has 2 aliphatic rings. The van der Waals surface area contributed by atoms with Gasteiger partial charge in [0.1, 0.15) is 23.3 Å². The molecule has 0 saturated heterocycles. The highest BCUT2D eigenvalue weighted by Crippen LogP contribution is 2.47. The number of dihydropyridines is 1. The van der Waals surface area contributed by atoms with E-state index in [1.54, 1.807) is 18.6 Å². The van der Waals surface area contributed by atoms with Gasteiger partial charge in [0.15, 0.2) is 11.6 Å². The smallest absolute Gasteiger partial charge is 0.240 e. The fraction of sp³-hybridized carbons (Fsp3) is 0.194. The number of halogens is 2. The number of carbonyl (C=O) groups excluding carboxylic acids is 2. The molecule has 1 saturated carbocycles.